The number of carbonyl (C=O) groups excluding carboxylic acids is 3. The van der Waals surface area contributed by atoms with Gasteiger partial charge in [0.1, 0.15) is 5.70 Å². The van der Waals surface area contributed by atoms with Crippen LogP contribution in [-0.4, -0.2) is 23.1 Å². The first-order valence-electron chi connectivity index (χ1n) is 5.69. The third-order valence-electron chi connectivity index (χ3n) is 2.16. The van der Waals surface area contributed by atoms with E-state index >= 15 is 0 Å². The minimum Gasteiger partial charge on any atom is -0.322 e. The first-order valence-corrected chi connectivity index (χ1v) is 5.69. The van der Waals surface area contributed by atoms with Crippen molar-refractivity contribution in [2.75, 3.05) is 0 Å². The number of pyridine rings is 1. The molecule has 0 aliphatic carbocycles. The van der Waals surface area contributed by atoms with E-state index in [4.69, 9.17) is 0 Å². The van der Waals surface area contributed by atoms with Crippen LogP contribution in [0.25, 0.3) is 5.70 Å². The third kappa shape index (κ3) is 4.34. The Morgan fingerprint density at radius 2 is 2.05 bits per heavy atom. The van der Waals surface area contributed by atoms with Crippen molar-refractivity contribution < 1.29 is 14.4 Å². The molecule has 2 N–H and O–H groups in total. The van der Waals surface area contributed by atoms with E-state index in [1.54, 1.807) is 31.4 Å². The summed E-state index contributed by atoms with van der Waals surface area (Å²) in [5, 5.41) is 4.86. The summed E-state index contributed by atoms with van der Waals surface area (Å²) < 4.78 is 0. The maximum atomic E-state index is 11.5. The molecule has 1 aromatic heterocycles. The van der Waals surface area contributed by atoms with Crippen LogP contribution in [-0.2, 0) is 14.4 Å². The Bertz CT molecular complexity index is 509. The lowest BCUT2D eigenvalue weighted by atomic mass is 10.2. The number of allylic oxidation sites excluding steroid dienone is 1. The van der Waals surface area contributed by atoms with Crippen molar-refractivity contribution in [3.8, 4) is 0 Å². The first-order chi connectivity index (χ1) is 9.08. The molecule has 0 bridgehead atoms. The molecule has 1 rings (SSSR count). The van der Waals surface area contributed by atoms with Crippen molar-refractivity contribution in [1.29, 1.82) is 0 Å². The van der Waals surface area contributed by atoms with E-state index in [-0.39, 0.29) is 23.7 Å². The second-order valence-corrected chi connectivity index (χ2v) is 3.65. The molecular weight excluding hydrogens is 246 g/mol. The van der Waals surface area contributed by atoms with E-state index in [0.29, 0.717) is 5.69 Å². The average Bonchev–Trinajstić information content (AvgIpc) is 2.42. The van der Waals surface area contributed by atoms with Crippen LogP contribution in [0.4, 0.5) is 0 Å². The number of nitrogens with zero attached hydrogens (tertiary/aromatic N) is 1. The van der Waals surface area contributed by atoms with Gasteiger partial charge in [0.25, 0.3) is 6.29 Å². The summed E-state index contributed by atoms with van der Waals surface area (Å²) in [6.45, 7) is 2.93. The highest BCUT2D eigenvalue weighted by Gasteiger charge is 2.14. The molecule has 0 saturated carbocycles. The molecule has 6 nitrogen and oxygen atoms in total. The molecule has 0 unspecified atom stereocenters. The Hall–Kier alpha value is -2.50. The van der Waals surface area contributed by atoms with Crippen LogP contribution in [0.15, 0.2) is 30.1 Å². The molecule has 0 spiro atoms. The quantitative estimate of drug-likeness (QED) is 0.755. The Kier molecular flexibility index (Phi) is 5.40. The van der Waals surface area contributed by atoms with Crippen LogP contribution < -0.4 is 10.6 Å². The number of nitrogens with one attached hydrogen (secondary N) is 2. The standard InChI is InChI=1S/C13H14N3O3/c1-3-12(19)16-13(10-6-4-5-7-14-10)11(8-17)15-9(2)18/h4-7H,3H2,1-2H3,(H,15,18)(H,16,19)/b13-11+. The van der Waals surface area contributed by atoms with E-state index in [1.807, 2.05) is 0 Å². The number of carbonyl (C=O) groups is 2. The van der Waals surface area contributed by atoms with E-state index in [9.17, 15) is 14.4 Å². The van der Waals surface area contributed by atoms with Crippen LogP contribution in [0.5, 0.6) is 0 Å². The van der Waals surface area contributed by atoms with Crippen LogP contribution in [0.1, 0.15) is 26.0 Å². The number of rotatable bonds is 5. The zero-order valence-electron chi connectivity index (χ0n) is 10.7. The van der Waals surface area contributed by atoms with Crippen LogP contribution in [0.2, 0.25) is 0 Å². The second kappa shape index (κ2) is 7.05. The number of hydrogen-bond acceptors (Lipinski definition) is 4. The molecule has 99 valence electrons. The fourth-order valence-electron chi connectivity index (χ4n) is 1.31. The summed E-state index contributed by atoms with van der Waals surface area (Å²) in [7, 11) is 0. The summed E-state index contributed by atoms with van der Waals surface area (Å²) >= 11 is 0. The maximum absolute atomic E-state index is 11.5. The fourth-order valence-corrected chi connectivity index (χ4v) is 1.31. The SMILES string of the molecule is CCC(=O)N/C(=C(\[C]=O)NC(C)=O)c1ccccn1. The topological polar surface area (TPSA) is 88.2 Å². The molecule has 1 heterocycles. The van der Waals surface area contributed by atoms with E-state index in [2.05, 4.69) is 15.6 Å². The monoisotopic (exact) mass is 260 g/mol. The highest BCUT2D eigenvalue weighted by molar-refractivity contribution is 5.97. The number of aromatic nitrogens is 1. The van der Waals surface area contributed by atoms with Gasteiger partial charge in [0.15, 0.2) is 0 Å². The van der Waals surface area contributed by atoms with Gasteiger partial charge in [0.05, 0.1) is 11.4 Å². The van der Waals surface area contributed by atoms with Crippen LogP contribution in [0, 0.1) is 0 Å². The summed E-state index contributed by atoms with van der Waals surface area (Å²) in [4.78, 5) is 37.5. The van der Waals surface area contributed by atoms with Crippen molar-refractivity contribution in [2.45, 2.75) is 20.3 Å². The van der Waals surface area contributed by atoms with Crippen molar-refractivity contribution in [2.24, 2.45) is 0 Å². The van der Waals surface area contributed by atoms with Crippen molar-refractivity contribution in [1.82, 2.24) is 15.6 Å². The highest BCUT2D eigenvalue weighted by atomic mass is 16.2. The fraction of sp³-hybridized carbons (Fsp3) is 0.231. The van der Waals surface area contributed by atoms with Gasteiger partial charge in [-0.15, -0.1) is 0 Å². The molecule has 19 heavy (non-hydrogen) atoms. The highest BCUT2D eigenvalue weighted by Crippen LogP contribution is 2.11. The van der Waals surface area contributed by atoms with Crippen LogP contribution in [0.3, 0.4) is 0 Å². The molecule has 1 radical (unpaired) electrons. The summed E-state index contributed by atoms with van der Waals surface area (Å²) in [6.07, 6.45) is 3.36. The lowest BCUT2D eigenvalue weighted by Crippen LogP contribution is -2.29. The number of hydrogen-bond donors (Lipinski definition) is 2. The molecule has 0 aliphatic rings. The molecule has 6 heteroatoms. The van der Waals surface area contributed by atoms with Gasteiger partial charge in [-0.2, -0.15) is 0 Å². The zero-order valence-corrected chi connectivity index (χ0v) is 10.7. The minimum atomic E-state index is -0.433. The normalized spacial score (nSPS) is 11.3. The molecule has 0 saturated heterocycles. The molecular formula is C13H14N3O3. The minimum absolute atomic E-state index is 0.137. The predicted octanol–water partition coefficient (Wildman–Crippen LogP) is 0.522. The molecule has 2 amide bonds. The Balaban J connectivity index is 3.24. The van der Waals surface area contributed by atoms with Gasteiger partial charge in [0.2, 0.25) is 11.8 Å². The van der Waals surface area contributed by atoms with Crippen molar-refractivity contribution in [3.05, 3.63) is 35.8 Å². The zero-order chi connectivity index (χ0) is 14.3. The molecule has 1 aromatic rings. The lowest BCUT2D eigenvalue weighted by Gasteiger charge is -2.11. The summed E-state index contributed by atoms with van der Waals surface area (Å²) in [5.41, 5.74) is 0.363. The van der Waals surface area contributed by atoms with Gasteiger partial charge in [-0.1, -0.05) is 13.0 Å². The molecule has 0 aliphatic heterocycles. The van der Waals surface area contributed by atoms with E-state index in [0.717, 1.165) is 0 Å². The maximum Gasteiger partial charge on any atom is 0.253 e. The van der Waals surface area contributed by atoms with Gasteiger partial charge in [-0.05, 0) is 12.1 Å². The Labute approximate surface area is 110 Å². The molecule has 0 atom stereocenters. The van der Waals surface area contributed by atoms with Gasteiger partial charge in [0, 0.05) is 19.5 Å². The van der Waals surface area contributed by atoms with Crippen LogP contribution >= 0.6 is 0 Å². The molecule has 0 aromatic carbocycles. The van der Waals surface area contributed by atoms with E-state index in [1.165, 1.54) is 13.1 Å². The second-order valence-electron chi connectivity index (χ2n) is 3.65. The van der Waals surface area contributed by atoms with Gasteiger partial charge < -0.3 is 10.6 Å². The summed E-state index contributed by atoms with van der Waals surface area (Å²) in [5.74, 6) is -0.726. The Morgan fingerprint density at radius 1 is 1.32 bits per heavy atom. The average molecular weight is 260 g/mol. The lowest BCUT2D eigenvalue weighted by molar-refractivity contribution is -0.120. The largest absolute Gasteiger partial charge is 0.322 e. The van der Waals surface area contributed by atoms with Crippen molar-refractivity contribution >= 4 is 23.8 Å². The van der Waals surface area contributed by atoms with Gasteiger partial charge in [-0.3, -0.25) is 19.4 Å². The van der Waals surface area contributed by atoms with E-state index < -0.39 is 5.91 Å². The number of amides is 2. The first kappa shape index (κ1) is 14.6. The smallest absolute Gasteiger partial charge is 0.253 e. The Morgan fingerprint density at radius 3 is 2.53 bits per heavy atom. The predicted molar refractivity (Wildman–Crippen MR) is 69.1 cm³/mol. The van der Waals surface area contributed by atoms with Gasteiger partial charge >= 0.3 is 0 Å². The van der Waals surface area contributed by atoms with Gasteiger partial charge in [-0.25, -0.2) is 0 Å². The van der Waals surface area contributed by atoms with Crippen molar-refractivity contribution in [3.63, 3.8) is 0 Å². The third-order valence-corrected chi connectivity index (χ3v) is 2.16. The summed E-state index contributed by atoms with van der Waals surface area (Å²) in [6, 6.07) is 5.02. The molecule has 0 fully saturated rings.